The van der Waals surface area contributed by atoms with Crippen LogP contribution in [-0.2, 0) is 19.3 Å². The Morgan fingerprint density at radius 2 is 1.58 bits per heavy atom. The van der Waals surface area contributed by atoms with Crippen LogP contribution >= 0.6 is 0 Å². The number of halogens is 3. The van der Waals surface area contributed by atoms with Crippen LogP contribution in [0.1, 0.15) is 47.1 Å². The molecule has 186 valence electrons. The van der Waals surface area contributed by atoms with Crippen molar-refractivity contribution in [2.75, 3.05) is 10.2 Å². The zero-order chi connectivity index (χ0) is 25.6. The summed E-state index contributed by atoms with van der Waals surface area (Å²) in [6.45, 7) is 2.64. The molecule has 3 N–H and O–H groups in total. The van der Waals surface area contributed by atoms with Crippen molar-refractivity contribution in [3.8, 4) is 0 Å². The summed E-state index contributed by atoms with van der Waals surface area (Å²) in [6, 6.07) is 16.4. The molecule has 6 nitrogen and oxygen atoms in total. The highest BCUT2D eigenvalue weighted by atomic mass is 19.4. The molecule has 5 rings (SSSR count). The van der Waals surface area contributed by atoms with E-state index in [0.29, 0.717) is 18.8 Å². The van der Waals surface area contributed by atoms with Gasteiger partial charge in [-0.3, -0.25) is 4.79 Å². The normalized spacial score (nSPS) is 14.4. The number of rotatable bonds is 5. The topological polar surface area (TPSA) is 85.9 Å². The first-order valence-electron chi connectivity index (χ1n) is 11.3. The fourth-order valence-corrected chi connectivity index (χ4v) is 4.57. The third-order valence-corrected chi connectivity index (χ3v) is 6.40. The Kier molecular flexibility index (Phi) is 5.97. The van der Waals surface area contributed by atoms with Crippen molar-refractivity contribution in [2.45, 2.75) is 38.5 Å². The lowest BCUT2D eigenvalue weighted by Gasteiger charge is -2.22. The van der Waals surface area contributed by atoms with E-state index in [-0.39, 0.29) is 28.0 Å². The molecule has 0 aliphatic carbocycles. The van der Waals surface area contributed by atoms with E-state index in [1.54, 1.807) is 25.1 Å². The van der Waals surface area contributed by atoms with Gasteiger partial charge >= 0.3 is 6.18 Å². The quantitative estimate of drug-likeness (QED) is 0.317. The number of hydrogen-bond acceptors (Lipinski definition) is 6. The van der Waals surface area contributed by atoms with Crippen molar-refractivity contribution >= 4 is 22.5 Å². The van der Waals surface area contributed by atoms with E-state index in [1.165, 1.54) is 12.1 Å². The Bertz CT molecular complexity index is 1470. The summed E-state index contributed by atoms with van der Waals surface area (Å²) in [4.78, 5) is 14.9. The molecular weight excluding hydrogens is 473 g/mol. The maximum absolute atomic E-state index is 13.7. The minimum Gasteiger partial charge on any atom is -0.440 e. The summed E-state index contributed by atoms with van der Waals surface area (Å²) >= 11 is 0. The van der Waals surface area contributed by atoms with E-state index in [9.17, 15) is 28.2 Å². The Hall–Kier alpha value is -3.82. The number of aliphatic hydroxyl groups is 2. The Balaban J connectivity index is 1.62. The third kappa shape index (κ3) is 4.43. The fourth-order valence-electron chi connectivity index (χ4n) is 4.57. The van der Waals surface area contributed by atoms with Crippen molar-refractivity contribution in [3.05, 3.63) is 105 Å². The van der Waals surface area contributed by atoms with E-state index < -0.39 is 29.5 Å². The first kappa shape index (κ1) is 23.9. The molecule has 36 heavy (non-hydrogen) atoms. The van der Waals surface area contributed by atoms with Crippen LogP contribution in [0, 0.1) is 0 Å². The molecule has 0 bridgehead atoms. The van der Waals surface area contributed by atoms with Gasteiger partial charge in [0, 0.05) is 36.0 Å². The van der Waals surface area contributed by atoms with E-state index in [1.807, 2.05) is 29.2 Å². The van der Waals surface area contributed by atoms with Crippen LogP contribution in [0.4, 0.5) is 24.7 Å². The minimum atomic E-state index is -4.68. The van der Waals surface area contributed by atoms with Crippen LogP contribution in [0.2, 0.25) is 0 Å². The molecule has 3 aromatic carbocycles. The number of anilines is 2. The number of alkyl halides is 3. The summed E-state index contributed by atoms with van der Waals surface area (Å²) in [6.07, 6.45) is -6.45. The van der Waals surface area contributed by atoms with E-state index in [0.717, 1.165) is 23.3 Å². The minimum absolute atomic E-state index is 0.0449. The lowest BCUT2D eigenvalue weighted by Crippen LogP contribution is -2.18. The molecule has 0 radical (unpaired) electrons. The van der Waals surface area contributed by atoms with Gasteiger partial charge in [-0.2, -0.15) is 13.2 Å². The van der Waals surface area contributed by atoms with Gasteiger partial charge in [0.1, 0.15) is 5.58 Å². The molecule has 4 aromatic rings. The first-order chi connectivity index (χ1) is 17.1. The summed E-state index contributed by atoms with van der Waals surface area (Å²) < 4.78 is 47.3. The molecule has 1 unspecified atom stereocenters. The predicted octanol–water partition coefficient (Wildman–Crippen LogP) is 5.49. The zero-order valence-corrected chi connectivity index (χ0v) is 19.2. The number of aliphatic hydroxyl groups excluding tert-OH is 1. The fraction of sp³-hybridized carbons (Fsp3) is 0.222. The van der Waals surface area contributed by atoms with E-state index in [2.05, 4.69) is 5.32 Å². The molecule has 1 aliphatic rings. The number of nitrogens with one attached hydrogen (secondary N) is 1. The maximum Gasteiger partial charge on any atom is 0.416 e. The highest BCUT2D eigenvalue weighted by Crippen LogP contribution is 2.38. The molecule has 0 fully saturated rings. The van der Waals surface area contributed by atoms with E-state index in [4.69, 9.17) is 4.42 Å². The van der Waals surface area contributed by atoms with Gasteiger partial charge in [0.25, 0.3) is 0 Å². The SMILES string of the molecule is CC(Nc1ccccc1C(O)O)c1cc(C(F)(F)F)cc2c(=O)cc(N3Cc4ccccc4C3)oc12. The first-order valence-corrected chi connectivity index (χ1v) is 11.3. The van der Waals surface area contributed by atoms with Crippen molar-refractivity contribution in [1.29, 1.82) is 0 Å². The van der Waals surface area contributed by atoms with Gasteiger partial charge in [0.05, 0.1) is 17.0 Å². The highest BCUT2D eigenvalue weighted by Gasteiger charge is 2.33. The van der Waals surface area contributed by atoms with Gasteiger partial charge in [0.15, 0.2) is 11.7 Å². The van der Waals surface area contributed by atoms with Gasteiger partial charge in [-0.05, 0) is 36.2 Å². The number of benzene rings is 3. The maximum atomic E-state index is 13.7. The lowest BCUT2D eigenvalue weighted by atomic mass is 9.99. The lowest BCUT2D eigenvalue weighted by molar-refractivity contribution is -0.137. The second-order valence-electron chi connectivity index (χ2n) is 8.84. The third-order valence-electron chi connectivity index (χ3n) is 6.40. The average Bonchev–Trinajstić information content (AvgIpc) is 3.27. The Morgan fingerprint density at radius 3 is 2.22 bits per heavy atom. The van der Waals surface area contributed by atoms with Crippen LogP contribution < -0.4 is 15.6 Å². The Labute approximate surface area is 204 Å². The van der Waals surface area contributed by atoms with Crippen molar-refractivity contribution in [1.82, 2.24) is 0 Å². The standard InChI is InChI=1S/C27H23F3N2O4/c1-15(31-22-9-5-4-8-19(22)26(34)35)20-10-18(27(28,29)30)11-21-23(33)12-24(36-25(20)21)32-13-16-6-2-3-7-17(16)14-32/h2-12,15,26,31,34-35H,13-14H2,1H3. The average molecular weight is 496 g/mol. The van der Waals surface area contributed by atoms with Gasteiger partial charge in [-0.1, -0.05) is 42.5 Å². The van der Waals surface area contributed by atoms with Crippen LogP contribution in [0.25, 0.3) is 11.0 Å². The summed E-state index contributed by atoms with van der Waals surface area (Å²) in [5.74, 6) is 0.267. The second-order valence-corrected chi connectivity index (χ2v) is 8.84. The van der Waals surface area contributed by atoms with E-state index >= 15 is 0 Å². The number of fused-ring (bicyclic) bond motifs is 2. The second kappa shape index (κ2) is 9.00. The van der Waals surface area contributed by atoms with Crippen LogP contribution in [0.15, 0.2) is 75.9 Å². The van der Waals surface area contributed by atoms with Crippen molar-refractivity contribution < 1.29 is 27.8 Å². The number of hydrogen-bond donors (Lipinski definition) is 3. The van der Waals surface area contributed by atoms with Gasteiger partial charge in [-0.15, -0.1) is 0 Å². The Morgan fingerprint density at radius 1 is 0.944 bits per heavy atom. The monoisotopic (exact) mass is 496 g/mol. The summed E-state index contributed by atoms with van der Waals surface area (Å²) in [5, 5.41) is 22.2. The van der Waals surface area contributed by atoms with Gasteiger partial charge < -0.3 is 24.8 Å². The molecular formula is C27H23F3N2O4. The van der Waals surface area contributed by atoms with Crippen LogP contribution in [-0.4, -0.2) is 10.2 Å². The molecule has 0 spiro atoms. The number of para-hydroxylation sites is 1. The van der Waals surface area contributed by atoms with Crippen molar-refractivity contribution in [3.63, 3.8) is 0 Å². The van der Waals surface area contributed by atoms with Crippen LogP contribution in [0.3, 0.4) is 0 Å². The van der Waals surface area contributed by atoms with Gasteiger partial charge in [0.2, 0.25) is 5.88 Å². The van der Waals surface area contributed by atoms with Gasteiger partial charge in [-0.25, -0.2) is 0 Å². The molecule has 0 saturated carbocycles. The van der Waals surface area contributed by atoms with Crippen LogP contribution in [0.5, 0.6) is 0 Å². The molecule has 9 heteroatoms. The summed E-state index contributed by atoms with van der Waals surface area (Å²) in [7, 11) is 0. The largest absolute Gasteiger partial charge is 0.440 e. The number of nitrogens with zero attached hydrogens (tertiary/aromatic N) is 1. The summed E-state index contributed by atoms with van der Waals surface area (Å²) in [5.41, 5.74) is 1.29. The molecule has 0 amide bonds. The predicted molar refractivity (Wildman–Crippen MR) is 129 cm³/mol. The molecule has 1 atom stereocenters. The molecule has 1 aromatic heterocycles. The zero-order valence-electron chi connectivity index (χ0n) is 19.2. The molecule has 0 saturated heterocycles. The smallest absolute Gasteiger partial charge is 0.416 e. The highest BCUT2D eigenvalue weighted by molar-refractivity contribution is 5.83. The van der Waals surface area contributed by atoms with Crippen molar-refractivity contribution in [2.24, 2.45) is 0 Å². The molecule has 1 aliphatic heterocycles. The molecule has 2 heterocycles.